The molecule has 0 bridgehead atoms. The topological polar surface area (TPSA) is 60.7 Å². The van der Waals surface area contributed by atoms with Crippen molar-refractivity contribution in [2.75, 3.05) is 7.11 Å². The van der Waals surface area contributed by atoms with Gasteiger partial charge in [-0.2, -0.15) is 0 Å². The minimum Gasteiger partial charge on any atom is -0.496 e. The number of hydrogen-bond acceptors (Lipinski definition) is 4. The Balaban J connectivity index is 1.81. The van der Waals surface area contributed by atoms with Crippen LogP contribution in [0.1, 0.15) is 22.9 Å². The van der Waals surface area contributed by atoms with Crippen LogP contribution in [0.5, 0.6) is 11.5 Å². The average Bonchev–Trinajstić information content (AvgIpc) is 2.70. The second-order valence-electron chi connectivity index (χ2n) is 6.28. The summed E-state index contributed by atoms with van der Waals surface area (Å²) in [6.07, 6.45) is 0.899. The van der Waals surface area contributed by atoms with Crippen molar-refractivity contribution in [1.82, 2.24) is 4.57 Å². The molecule has 1 atom stereocenters. The number of rotatable bonds is 7. The molecule has 3 rings (SSSR count). The summed E-state index contributed by atoms with van der Waals surface area (Å²) in [5.74, 6) is 0.929. The van der Waals surface area contributed by atoms with Crippen molar-refractivity contribution in [3.05, 3.63) is 93.9 Å². The van der Waals surface area contributed by atoms with E-state index in [1.165, 1.54) is 6.07 Å². The van der Waals surface area contributed by atoms with E-state index in [1.54, 1.807) is 13.3 Å². The van der Waals surface area contributed by atoms with Gasteiger partial charge in [0, 0.05) is 17.8 Å². The highest BCUT2D eigenvalue weighted by molar-refractivity contribution is 5.35. The van der Waals surface area contributed by atoms with Gasteiger partial charge in [0.2, 0.25) is 5.43 Å². The van der Waals surface area contributed by atoms with Crippen LogP contribution in [0, 0.1) is 6.92 Å². The maximum Gasteiger partial charge on any atom is 0.223 e. The summed E-state index contributed by atoms with van der Waals surface area (Å²) in [6, 6.07) is 18.5. The second kappa shape index (κ2) is 8.56. The lowest BCUT2D eigenvalue weighted by Crippen LogP contribution is -2.18. The van der Waals surface area contributed by atoms with Gasteiger partial charge in [0.25, 0.3) is 0 Å². The number of ether oxygens (including phenoxy) is 2. The molecule has 2 aromatic carbocycles. The fraction of sp³-hybridized carbons (Fsp3) is 0.227. The fourth-order valence-corrected chi connectivity index (χ4v) is 2.98. The van der Waals surface area contributed by atoms with Crippen molar-refractivity contribution >= 4 is 0 Å². The highest BCUT2D eigenvalue weighted by Gasteiger charge is 2.16. The molecule has 1 heterocycles. The van der Waals surface area contributed by atoms with E-state index in [0.717, 1.165) is 5.56 Å². The molecule has 27 heavy (non-hydrogen) atoms. The van der Waals surface area contributed by atoms with E-state index in [9.17, 15) is 9.90 Å². The predicted molar refractivity (Wildman–Crippen MR) is 104 cm³/mol. The van der Waals surface area contributed by atoms with Crippen LogP contribution in [0.4, 0.5) is 0 Å². The van der Waals surface area contributed by atoms with Gasteiger partial charge < -0.3 is 19.1 Å². The first kappa shape index (κ1) is 18.7. The Hall–Kier alpha value is -3.05. The average molecular weight is 365 g/mol. The van der Waals surface area contributed by atoms with Gasteiger partial charge in [0.1, 0.15) is 18.5 Å². The standard InChI is InChI=1S/C22H23NO4/c1-16-22(27-15-17-8-4-3-5-9-17)19(24)12-13-23(16)14-20(25)18-10-6-7-11-21(18)26-2/h3-13,20,25H,14-15H2,1-2H3/t20-/m1/s1. The van der Waals surface area contributed by atoms with E-state index in [0.29, 0.717) is 29.4 Å². The summed E-state index contributed by atoms with van der Waals surface area (Å²) in [7, 11) is 1.58. The molecule has 1 N–H and O–H groups in total. The third-order valence-electron chi connectivity index (χ3n) is 4.48. The van der Waals surface area contributed by atoms with Gasteiger partial charge in [-0.3, -0.25) is 4.79 Å². The molecule has 0 saturated heterocycles. The molecule has 1 aromatic heterocycles. The SMILES string of the molecule is COc1ccccc1[C@H](O)Cn1ccc(=O)c(OCc2ccccc2)c1C. The van der Waals surface area contributed by atoms with E-state index in [1.807, 2.05) is 66.1 Å². The Morgan fingerprint density at radius 2 is 1.74 bits per heavy atom. The maximum absolute atomic E-state index is 12.2. The van der Waals surface area contributed by atoms with E-state index >= 15 is 0 Å². The minimum absolute atomic E-state index is 0.175. The number of aliphatic hydroxyl groups is 1. The Morgan fingerprint density at radius 3 is 2.48 bits per heavy atom. The van der Waals surface area contributed by atoms with Gasteiger partial charge >= 0.3 is 0 Å². The molecule has 5 heteroatoms. The van der Waals surface area contributed by atoms with Crippen molar-refractivity contribution in [3.63, 3.8) is 0 Å². The van der Waals surface area contributed by atoms with Crippen LogP contribution in [0.15, 0.2) is 71.7 Å². The zero-order chi connectivity index (χ0) is 19.2. The minimum atomic E-state index is -0.774. The van der Waals surface area contributed by atoms with Gasteiger partial charge in [0.05, 0.1) is 19.3 Å². The number of benzene rings is 2. The summed E-state index contributed by atoms with van der Waals surface area (Å²) < 4.78 is 12.9. The molecule has 0 saturated carbocycles. The Kier molecular flexibility index (Phi) is 5.94. The van der Waals surface area contributed by atoms with Crippen LogP contribution in [0.3, 0.4) is 0 Å². The first-order valence-electron chi connectivity index (χ1n) is 8.78. The molecule has 0 amide bonds. The normalized spacial score (nSPS) is 11.8. The monoisotopic (exact) mass is 365 g/mol. The van der Waals surface area contributed by atoms with E-state index in [4.69, 9.17) is 9.47 Å². The van der Waals surface area contributed by atoms with Crippen LogP contribution in [-0.2, 0) is 13.2 Å². The fourth-order valence-electron chi connectivity index (χ4n) is 2.98. The van der Waals surface area contributed by atoms with Gasteiger partial charge in [-0.1, -0.05) is 48.5 Å². The smallest absolute Gasteiger partial charge is 0.223 e. The first-order valence-corrected chi connectivity index (χ1v) is 8.78. The number of nitrogens with zero attached hydrogens (tertiary/aromatic N) is 1. The summed E-state index contributed by atoms with van der Waals surface area (Å²) in [4.78, 5) is 12.2. The van der Waals surface area contributed by atoms with Crippen LogP contribution >= 0.6 is 0 Å². The van der Waals surface area contributed by atoms with Crippen molar-refractivity contribution in [2.24, 2.45) is 0 Å². The lowest BCUT2D eigenvalue weighted by Gasteiger charge is -2.19. The number of pyridine rings is 1. The van der Waals surface area contributed by atoms with E-state index in [2.05, 4.69) is 0 Å². The molecule has 5 nitrogen and oxygen atoms in total. The zero-order valence-electron chi connectivity index (χ0n) is 15.5. The molecule has 3 aromatic rings. The molecule has 0 fully saturated rings. The lowest BCUT2D eigenvalue weighted by molar-refractivity contribution is 0.151. The zero-order valence-corrected chi connectivity index (χ0v) is 15.5. The van der Waals surface area contributed by atoms with Crippen molar-refractivity contribution in [3.8, 4) is 11.5 Å². The first-order chi connectivity index (χ1) is 13.1. The highest BCUT2D eigenvalue weighted by Crippen LogP contribution is 2.26. The van der Waals surface area contributed by atoms with E-state index < -0.39 is 6.10 Å². The molecule has 0 aliphatic carbocycles. The number of hydrogen-bond donors (Lipinski definition) is 1. The highest BCUT2D eigenvalue weighted by atomic mass is 16.5. The molecule has 0 radical (unpaired) electrons. The van der Waals surface area contributed by atoms with Crippen LogP contribution in [0.25, 0.3) is 0 Å². The molecule has 0 aliphatic heterocycles. The maximum atomic E-state index is 12.2. The molecule has 0 unspecified atom stereocenters. The quantitative estimate of drug-likeness (QED) is 0.696. The predicted octanol–water partition coefficient (Wildman–Crippen LogP) is 3.48. The van der Waals surface area contributed by atoms with Crippen LogP contribution < -0.4 is 14.9 Å². The van der Waals surface area contributed by atoms with Crippen molar-refractivity contribution in [1.29, 1.82) is 0 Å². The van der Waals surface area contributed by atoms with Crippen molar-refractivity contribution in [2.45, 2.75) is 26.2 Å². The van der Waals surface area contributed by atoms with Gasteiger partial charge in [-0.25, -0.2) is 0 Å². The Labute approximate surface area is 158 Å². The lowest BCUT2D eigenvalue weighted by atomic mass is 10.1. The molecule has 0 spiro atoms. The third-order valence-corrected chi connectivity index (χ3v) is 4.48. The van der Waals surface area contributed by atoms with Crippen LogP contribution in [0.2, 0.25) is 0 Å². The van der Waals surface area contributed by atoms with Gasteiger partial charge in [-0.05, 0) is 18.6 Å². The van der Waals surface area contributed by atoms with Crippen molar-refractivity contribution < 1.29 is 14.6 Å². The molecule has 0 aliphatic rings. The van der Waals surface area contributed by atoms with Crippen LogP contribution in [-0.4, -0.2) is 16.8 Å². The van der Waals surface area contributed by atoms with E-state index in [-0.39, 0.29) is 12.0 Å². The molecular formula is C22H23NO4. The summed E-state index contributed by atoms with van der Waals surface area (Å²) in [5, 5.41) is 10.7. The van der Waals surface area contributed by atoms with Gasteiger partial charge in [0.15, 0.2) is 5.75 Å². The number of methoxy groups -OCH3 is 1. The largest absolute Gasteiger partial charge is 0.496 e. The number of aliphatic hydroxyl groups excluding tert-OH is 1. The summed E-state index contributed by atoms with van der Waals surface area (Å²) in [5.41, 5.74) is 2.18. The summed E-state index contributed by atoms with van der Waals surface area (Å²) >= 11 is 0. The number of para-hydroxylation sites is 1. The van der Waals surface area contributed by atoms with Gasteiger partial charge in [-0.15, -0.1) is 0 Å². The molecule has 140 valence electrons. The Bertz CT molecular complexity index is 950. The molecular weight excluding hydrogens is 342 g/mol. The third kappa shape index (κ3) is 4.38. The second-order valence-corrected chi connectivity index (χ2v) is 6.28. The summed E-state index contributed by atoms with van der Waals surface area (Å²) in [6.45, 7) is 2.42. The Morgan fingerprint density at radius 1 is 1.04 bits per heavy atom. The number of aromatic nitrogens is 1.